The van der Waals surface area contributed by atoms with Gasteiger partial charge in [0.1, 0.15) is 0 Å². The Labute approximate surface area is 165 Å². The van der Waals surface area contributed by atoms with Crippen LogP contribution in [0.2, 0.25) is 0 Å². The molecule has 2 N–H and O–H groups in total. The zero-order valence-corrected chi connectivity index (χ0v) is 15.8. The highest BCUT2D eigenvalue weighted by Crippen LogP contribution is 2.24. The zero-order chi connectivity index (χ0) is 19.8. The second-order valence-corrected chi connectivity index (χ2v) is 6.56. The molecule has 3 amide bonds. The summed E-state index contributed by atoms with van der Waals surface area (Å²) in [5, 5.41) is 5.00. The van der Waals surface area contributed by atoms with E-state index in [1.54, 1.807) is 12.1 Å². The van der Waals surface area contributed by atoms with Crippen LogP contribution in [-0.2, 0) is 11.3 Å². The van der Waals surface area contributed by atoms with Crippen LogP contribution in [0, 0.1) is 0 Å². The summed E-state index contributed by atoms with van der Waals surface area (Å²) in [6, 6.07) is 26.7. The third kappa shape index (κ3) is 5.53. The molecule has 0 bridgehead atoms. The fourth-order valence-electron chi connectivity index (χ4n) is 3.00. The number of anilines is 1. The van der Waals surface area contributed by atoms with Gasteiger partial charge in [-0.1, -0.05) is 72.8 Å². The number of benzene rings is 3. The predicted molar refractivity (Wildman–Crippen MR) is 112 cm³/mol. The molecule has 5 heteroatoms. The second-order valence-electron chi connectivity index (χ2n) is 6.56. The van der Waals surface area contributed by atoms with Gasteiger partial charge in [-0.2, -0.15) is 0 Å². The molecule has 0 saturated carbocycles. The smallest absolute Gasteiger partial charge is 0.308 e. The van der Waals surface area contributed by atoms with Gasteiger partial charge in [-0.3, -0.25) is 15.0 Å². The number of para-hydroxylation sites is 1. The van der Waals surface area contributed by atoms with Gasteiger partial charge in [0.2, 0.25) is 5.91 Å². The largest absolute Gasteiger partial charge is 0.325 e. The maximum absolute atomic E-state index is 12.2. The van der Waals surface area contributed by atoms with Crippen LogP contribution < -0.4 is 10.6 Å². The molecular formula is C23H23N3O2. The Morgan fingerprint density at radius 3 is 2.14 bits per heavy atom. The summed E-state index contributed by atoms with van der Waals surface area (Å²) in [5.41, 5.74) is 4.03. The number of imide groups is 1. The lowest BCUT2D eigenvalue weighted by atomic mass is 9.99. The van der Waals surface area contributed by atoms with E-state index in [9.17, 15) is 9.59 Å². The van der Waals surface area contributed by atoms with Crippen LogP contribution in [0.15, 0.2) is 84.9 Å². The Morgan fingerprint density at radius 1 is 0.821 bits per heavy atom. The number of nitrogens with zero attached hydrogens (tertiary/aromatic N) is 1. The van der Waals surface area contributed by atoms with E-state index in [-0.39, 0.29) is 12.5 Å². The first-order chi connectivity index (χ1) is 13.6. The molecule has 0 fully saturated rings. The fourth-order valence-corrected chi connectivity index (χ4v) is 3.00. The van der Waals surface area contributed by atoms with E-state index in [0.29, 0.717) is 12.2 Å². The van der Waals surface area contributed by atoms with Gasteiger partial charge >= 0.3 is 6.03 Å². The van der Waals surface area contributed by atoms with Crippen molar-refractivity contribution in [1.29, 1.82) is 0 Å². The standard InChI is InChI=1S/C23H23N3O2/c1-26(17-22(27)25-23(28)24-20-13-6-3-7-14-20)16-19-12-8-9-15-21(19)18-10-4-2-5-11-18/h2-15H,16-17H2,1H3,(H2,24,25,27,28). The Kier molecular flexibility index (Phi) is 6.54. The van der Waals surface area contributed by atoms with Crippen LogP contribution >= 0.6 is 0 Å². The van der Waals surface area contributed by atoms with Crippen LogP contribution in [0.3, 0.4) is 0 Å². The molecule has 0 atom stereocenters. The van der Waals surface area contributed by atoms with E-state index in [1.165, 1.54) is 0 Å². The van der Waals surface area contributed by atoms with Crippen molar-refractivity contribution in [3.05, 3.63) is 90.5 Å². The average molecular weight is 373 g/mol. The van der Waals surface area contributed by atoms with Crippen molar-refractivity contribution in [3.63, 3.8) is 0 Å². The molecule has 3 aromatic rings. The van der Waals surface area contributed by atoms with E-state index in [0.717, 1.165) is 16.7 Å². The lowest BCUT2D eigenvalue weighted by Gasteiger charge is -2.18. The number of carbonyl (C=O) groups is 2. The zero-order valence-electron chi connectivity index (χ0n) is 15.8. The molecule has 0 aromatic heterocycles. The lowest BCUT2D eigenvalue weighted by molar-refractivity contribution is -0.120. The summed E-state index contributed by atoms with van der Waals surface area (Å²) in [5.74, 6) is -0.354. The first kappa shape index (κ1) is 19.3. The van der Waals surface area contributed by atoms with Gasteiger partial charge in [0.05, 0.1) is 6.54 Å². The minimum absolute atomic E-state index is 0.116. The maximum atomic E-state index is 12.2. The number of amides is 3. The number of rotatable bonds is 6. The number of urea groups is 1. The average Bonchev–Trinajstić information content (AvgIpc) is 2.69. The number of hydrogen-bond acceptors (Lipinski definition) is 3. The van der Waals surface area contributed by atoms with E-state index in [4.69, 9.17) is 0 Å². The van der Waals surface area contributed by atoms with Crippen LogP contribution in [0.5, 0.6) is 0 Å². The number of hydrogen-bond donors (Lipinski definition) is 2. The Morgan fingerprint density at radius 2 is 1.43 bits per heavy atom. The fraction of sp³-hybridized carbons (Fsp3) is 0.130. The Hall–Kier alpha value is -3.44. The van der Waals surface area contributed by atoms with Gasteiger partial charge in [0.25, 0.3) is 0 Å². The summed E-state index contributed by atoms with van der Waals surface area (Å²) in [4.78, 5) is 26.0. The van der Waals surface area contributed by atoms with Crippen molar-refractivity contribution in [1.82, 2.24) is 10.2 Å². The topological polar surface area (TPSA) is 61.4 Å². The second kappa shape index (κ2) is 9.48. The molecule has 5 nitrogen and oxygen atoms in total. The molecule has 0 aliphatic rings. The summed E-state index contributed by atoms with van der Waals surface area (Å²) < 4.78 is 0. The molecule has 3 rings (SSSR count). The number of likely N-dealkylation sites (N-methyl/N-ethyl adjacent to an activating group) is 1. The van der Waals surface area contributed by atoms with E-state index >= 15 is 0 Å². The first-order valence-corrected chi connectivity index (χ1v) is 9.09. The Bertz CT molecular complexity index is 927. The van der Waals surface area contributed by atoms with Crippen molar-refractivity contribution in [2.24, 2.45) is 0 Å². The molecule has 142 valence electrons. The van der Waals surface area contributed by atoms with Crippen molar-refractivity contribution in [2.45, 2.75) is 6.54 Å². The molecule has 0 saturated heterocycles. The highest BCUT2D eigenvalue weighted by atomic mass is 16.2. The molecule has 0 radical (unpaired) electrons. The van der Waals surface area contributed by atoms with Gasteiger partial charge in [-0.25, -0.2) is 4.79 Å². The van der Waals surface area contributed by atoms with Crippen LogP contribution in [0.25, 0.3) is 11.1 Å². The number of carbonyl (C=O) groups excluding carboxylic acids is 2. The predicted octanol–water partition coefficient (Wildman–Crippen LogP) is 4.13. The summed E-state index contributed by atoms with van der Waals surface area (Å²) >= 11 is 0. The van der Waals surface area contributed by atoms with E-state index in [1.807, 2.05) is 60.5 Å². The summed E-state index contributed by atoms with van der Waals surface area (Å²) in [6.45, 7) is 0.712. The van der Waals surface area contributed by atoms with Crippen molar-refractivity contribution in [3.8, 4) is 11.1 Å². The normalized spacial score (nSPS) is 10.5. The third-order valence-electron chi connectivity index (χ3n) is 4.24. The molecule has 0 aliphatic heterocycles. The van der Waals surface area contributed by atoms with E-state index < -0.39 is 6.03 Å². The van der Waals surface area contributed by atoms with Gasteiger partial charge in [-0.15, -0.1) is 0 Å². The molecule has 3 aromatic carbocycles. The first-order valence-electron chi connectivity index (χ1n) is 9.09. The molecule has 0 spiro atoms. The van der Waals surface area contributed by atoms with Crippen molar-refractivity contribution < 1.29 is 9.59 Å². The Balaban J connectivity index is 1.56. The minimum atomic E-state index is -0.533. The van der Waals surface area contributed by atoms with E-state index in [2.05, 4.69) is 34.9 Å². The molecule has 28 heavy (non-hydrogen) atoms. The highest BCUT2D eigenvalue weighted by Gasteiger charge is 2.13. The minimum Gasteiger partial charge on any atom is -0.308 e. The summed E-state index contributed by atoms with van der Waals surface area (Å²) in [7, 11) is 1.86. The van der Waals surface area contributed by atoms with Crippen LogP contribution in [0.1, 0.15) is 5.56 Å². The van der Waals surface area contributed by atoms with Gasteiger partial charge in [-0.05, 0) is 35.9 Å². The monoisotopic (exact) mass is 373 g/mol. The molecule has 0 unspecified atom stereocenters. The van der Waals surface area contributed by atoms with Crippen LogP contribution in [-0.4, -0.2) is 30.4 Å². The molecule has 0 aliphatic carbocycles. The summed E-state index contributed by atoms with van der Waals surface area (Å²) in [6.07, 6.45) is 0. The van der Waals surface area contributed by atoms with Gasteiger partial charge in [0, 0.05) is 12.2 Å². The van der Waals surface area contributed by atoms with Crippen LogP contribution in [0.4, 0.5) is 10.5 Å². The number of nitrogens with one attached hydrogen (secondary N) is 2. The van der Waals surface area contributed by atoms with Gasteiger partial charge < -0.3 is 5.32 Å². The maximum Gasteiger partial charge on any atom is 0.325 e. The molecule has 0 heterocycles. The molecular weight excluding hydrogens is 350 g/mol. The highest BCUT2D eigenvalue weighted by molar-refractivity contribution is 6.01. The van der Waals surface area contributed by atoms with Crippen molar-refractivity contribution in [2.75, 3.05) is 18.9 Å². The quantitative estimate of drug-likeness (QED) is 0.683. The lowest BCUT2D eigenvalue weighted by Crippen LogP contribution is -2.40. The van der Waals surface area contributed by atoms with Crippen molar-refractivity contribution >= 4 is 17.6 Å². The van der Waals surface area contributed by atoms with Gasteiger partial charge in [0.15, 0.2) is 0 Å². The third-order valence-corrected chi connectivity index (χ3v) is 4.24. The SMILES string of the molecule is CN(CC(=O)NC(=O)Nc1ccccc1)Cc1ccccc1-c1ccccc1.